The fourth-order valence-corrected chi connectivity index (χ4v) is 1.21. The molecule has 6 nitrogen and oxygen atoms in total. The Balaban J connectivity index is 2.37. The molecule has 4 amide bonds. The summed E-state index contributed by atoms with van der Waals surface area (Å²) >= 11 is 0. The van der Waals surface area contributed by atoms with Crippen LogP contribution >= 0.6 is 0 Å². The van der Waals surface area contributed by atoms with Gasteiger partial charge in [0.1, 0.15) is 5.70 Å². The smallest absolute Gasteiger partial charge is 0.275 e. The molecular weight excluding hydrogens is 188 g/mol. The number of hydrogen-bond donors (Lipinski definition) is 1. The van der Waals surface area contributed by atoms with E-state index in [2.05, 4.69) is 0 Å². The highest BCUT2D eigenvalue weighted by atomic mass is 16.2. The number of nitrogens with zero attached hydrogens (tertiary/aromatic N) is 1. The van der Waals surface area contributed by atoms with Crippen molar-refractivity contribution in [3.8, 4) is 0 Å². The maximum Gasteiger partial charge on any atom is 0.275 e. The lowest BCUT2D eigenvalue weighted by Gasteiger charge is -2.11. The number of hydrogen-bond acceptors (Lipinski definition) is 4. The van der Waals surface area contributed by atoms with Gasteiger partial charge in [0.2, 0.25) is 0 Å². The SMILES string of the molecule is O=C1C=C(N2C(=O)C=CC2=O)C(=O)N1. The summed E-state index contributed by atoms with van der Waals surface area (Å²) in [4.78, 5) is 44.7. The Hall–Kier alpha value is -2.24. The van der Waals surface area contributed by atoms with Gasteiger partial charge in [0.05, 0.1) is 0 Å². The van der Waals surface area contributed by atoms with Gasteiger partial charge in [-0.05, 0) is 0 Å². The van der Waals surface area contributed by atoms with Crippen LogP contribution in [-0.4, -0.2) is 28.5 Å². The van der Waals surface area contributed by atoms with Gasteiger partial charge in [-0.15, -0.1) is 0 Å². The van der Waals surface area contributed by atoms with E-state index in [1.807, 2.05) is 5.32 Å². The fourth-order valence-electron chi connectivity index (χ4n) is 1.21. The highest BCUT2D eigenvalue weighted by Crippen LogP contribution is 2.15. The maximum absolute atomic E-state index is 11.1. The average Bonchev–Trinajstić information content (AvgIpc) is 2.57. The van der Waals surface area contributed by atoms with Gasteiger partial charge >= 0.3 is 0 Å². The first-order chi connectivity index (χ1) is 6.59. The van der Waals surface area contributed by atoms with Crippen LogP contribution in [0.3, 0.4) is 0 Å². The Labute approximate surface area is 77.9 Å². The van der Waals surface area contributed by atoms with E-state index in [0.29, 0.717) is 4.90 Å². The Morgan fingerprint density at radius 2 is 1.57 bits per heavy atom. The van der Waals surface area contributed by atoms with E-state index in [4.69, 9.17) is 0 Å². The molecule has 0 aromatic carbocycles. The van der Waals surface area contributed by atoms with Crippen LogP contribution in [-0.2, 0) is 19.2 Å². The first kappa shape index (κ1) is 8.36. The van der Waals surface area contributed by atoms with Gasteiger partial charge in [0, 0.05) is 18.2 Å². The zero-order chi connectivity index (χ0) is 10.3. The van der Waals surface area contributed by atoms with Gasteiger partial charge in [-0.2, -0.15) is 0 Å². The van der Waals surface area contributed by atoms with Crippen LogP contribution < -0.4 is 5.32 Å². The van der Waals surface area contributed by atoms with Crippen molar-refractivity contribution in [3.05, 3.63) is 23.9 Å². The molecule has 2 aliphatic rings. The highest BCUT2D eigenvalue weighted by Gasteiger charge is 2.34. The minimum atomic E-state index is -0.736. The van der Waals surface area contributed by atoms with Gasteiger partial charge < -0.3 is 0 Å². The van der Waals surface area contributed by atoms with E-state index in [9.17, 15) is 19.2 Å². The number of nitrogens with one attached hydrogen (secondary N) is 1. The summed E-state index contributed by atoms with van der Waals surface area (Å²) in [5.41, 5.74) is -0.227. The quantitative estimate of drug-likeness (QED) is 0.510. The van der Waals surface area contributed by atoms with E-state index in [1.54, 1.807) is 0 Å². The monoisotopic (exact) mass is 192 g/mol. The molecule has 1 N–H and O–H groups in total. The lowest BCUT2D eigenvalue weighted by atomic mass is 10.3. The summed E-state index contributed by atoms with van der Waals surface area (Å²) in [7, 11) is 0. The van der Waals surface area contributed by atoms with Crippen LogP contribution in [0.5, 0.6) is 0 Å². The summed E-state index contributed by atoms with van der Waals surface area (Å²) in [6.07, 6.45) is 3.00. The topological polar surface area (TPSA) is 83.6 Å². The van der Waals surface area contributed by atoms with E-state index < -0.39 is 23.6 Å². The van der Waals surface area contributed by atoms with E-state index in [0.717, 1.165) is 18.2 Å². The molecule has 0 unspecified atom stereocenters. The number of rotatable bonds is 1. The van der Waals surface area contributed by atoms with Crippen molar-refractivity contribution in [2.45, 2.75) is 0 Å². The number of imide groups is 2. The molecule has 0 aliphatic carbocycles. The van der Waals surface area contributed by atoms with Crippen molar-refractivity contribution < 1.29 is 19.2 Å². The Morgan fingerprint density at radius 3 is 2.00 bits per heavy atom. The molecule has 2 heterocycles. The molecule has 0 radical (unpaired) electrons. The van der Waals surface area contributed by atoms with E-state index in [1.165, 1.54) is 0 Å². The van der Waals surface area contributed by atoms with Crippen molar-refractivity contribution >= 4 is 23.6 Å². The minimum absolute atomic E-state index is 0.227. The molecular formula is C8H4N2O4. The predicted octanol–water partition coefficient (Wildman–Crippen LogP) is -1.55. The molecule has 2 rings (SSSR count). The van der Waals surface area contributed by atoms with Crippen LogP contribution in [0.2, 0.25) is 0 Å². The summed E-state index contributed by atoms with van der Waals surface area (Å²) in [5, 5.41) is 1.94. The largest absolute Gasteiger partial charge is 0.287 e. The lowest BCUT2D eigenvalue weighted by molar-refractivity contribution is -0.137. The van der Waals surface area contributed by atoms with Crippen molar-refractivity contribution in [1.82, 2.24) is 10.2 Å². The second-order valence-corrected chi connectivity index (χ2v) is 2.69. The van der Waals surface area contributed by atoms with Crippen molar-refractivity contribution in [2.75, 3.05) is 0 Å². The van der Waals surface area contributed by atoms with Crippen LogP contribution in [0, 0.1) is 0 Å². The molecule has 0 saturated heterocycles. The summed E-state index contributed by atoms with van der Waals surface area (Å²) in [6, 6.07) is 0. The third-order valence-electron chi connectivity index (χ3n) is 1.79. The Kier molecular flexibility index (Phi) is 1.57. The standard InChI is InChI=1S/C8H4N2O4/c11-5-3-4(8(14)9-5)10-6(12)1-2-7(10)13/h1-3H,(H,9,11,14). The molecule has 6 heteroatoms. The maximum atomic E-state index is 11.1. The lowest BCUT2D eigenvalue weighted by Crippen LogP contribution is -2.34. The van der Waals surface area contributed by atoms with Gasteiger partial charge in [0.25, 0.3) is 23.6 Å². The van der Waals surface area contributed by atoms with Crippen molar-refractivity contribution in [2.24, 2.45) is 0 Å². The van der Waals surface area contributed by atoms with E-state index >= 15 is 0 Å². The molecule has 0 atom stereocenters. The number of amides is 4. The van der Waals surface area contributed by atoms with Crippen LogP contribution in [0.15, 0.2) is 23.9 Å². The molecule has 0 saturated carbocycles. The second-order valence-electron chi connectivity index (χ2n) is 2.69. The van der Waals surface area contributed by atoms with Gasteiger partial charge in [-0.1, -0.05) is 0 Å². The molecule has 0 spiro atoms. The molecule has 0 aromatic rings. The highest BCUT2D eigenvalue weighted by molar-refractivity contribution is 6.24. The van der Waals surface area contributed by atoms with Gasteiger partial charge in [0.15, 0.2) is 0 Å². The molecule has 0 fully saturated rings. The average molecular weight is 192 g/mol. The summed E-state index contributed by atoms with van der Waals surface area (Å²) in [6.45, 7) is 0. The third-order valence-corrected chi connectivity index (χ3v) is 1.79. The van der Waals surface area contributed by atoms with Crippen LogP contribution in [0.1, 0.15) is 0 Å². The van der Waals surface area contributed by atoms with E-state index in [-0.39, 0.29) is 5.70 Å². The third kappa shape index (κ3) is 1.05. The molecule has 0 bridgehead atoms. The molecule has 0 aromatic heterocycles. The minimum Gasteiger partial charge on any atom is -0.287 e. The Morgan fingerprint density at radius 1 is 1.00 bits per heavy atom. The predicted molar refractivity (Wildman–Crippen MR) is 42.2 cm³/mol. The fraction of sp³-hybridized carbons (Fsp3) is 0. The van der Waals surface area contributed by atoms with Crippen molar-refractivity contribution in [3.63, 3.8) is 0 Å². The zero-order valence-corrected chi connectivity index (χ0v) is 6.81. The first-order valence-corrected chi connectivity index (χ1v) is 3.73. The number of carbonyl (C=O) groups excluding carboxylic acids is 4. The van der Waals surface area contributed by atoms with Crippen LogP contribution in [0.25, 0.3) is 0 Å². The molecule has 14 heavy (non-hydrogen) atoms. The zero-order valence-electron chi connectivity index (χ0n) is 6.81. The van der Waals surface area contributed by atoms with Gasteiger partial charge in [-0.25, -0.2) is 4.90 Å². The van der Waals surface area contributed by atoms with Crippen LogP contribution in [0.4, 0.5) is 0 Å². The normalized spacial score (nSPS) is 20.6. The van der Waals surface area contributed by atoms with Crippen molar-refractivity contribution in [1.29, 1.82) is 0 Å². The molecule has 70 valence electrons. The summed E-state index contributed by atoms with van der Waals surface area (Å²) in [5.74, 6) is -2.60. The number of carbonyl (C=O) groups is 4. The second kappa shape index (κ2) is 2.63. The molecule has 2 aliphatic heterocycles. The Bertz CT molecular complexity index is 415. The van der Waals surface area contributed by atoms with Gasteiger partial charge in [-0.3, -0.25) is 24.5 Å². The first-order valence-electron chi connectivity index (χ1n) is 3.73. The summed E-state index contributed by atoms with van der Waals surface area (Å²) < 4.78 is 0.